The molecule has 1 saturated carbocycles. The van der Waals surface area contributed by atoms with E-state index in [2.05, 4.69) is 20.3 Å². The number of carboxylic acid groups (broad SMARTS) is 1. The molecule has 4 aromatic rings. The molecule has 0 saturated heterocycles. The molecule has 0 aliphatic heterocycles. The summed E-state index contributed by atoms with van der Waals surface area (Å²) in [6.07, 6.45) is -0.990. The summed E-state index contributed by atoms with van der Waals surface area (Å²) < 4.78 is 39.6. The number of hydrogen-bond donors (Lipinski definition) is 3. The first-order valence-corrected chi connectivity index (χ1v) is 14.3. The zero-order chi connectivity index (χ0) is 28.9. The van der Waals surface area contributed by atoms with Crippen LogP contribution in [0.4, 0.5) is 24.8 Å². The number of halogens is 3. The first-order valence-electron chi connectivity index (χ1n) is 12.5. The molecule has 1 aliphatic rings. The van der Waals surface area contributed by atoms with Gasteiger partial charge in [-0.2, -0.15) is 24.5 Å². The number of rotatable bonds is 6. The van der Waals surface area contributed by atoms with E-state index in [4.69, 9.17) is 0 Å². The zero-order valence-corrected chi connectivity index (χ0v) is 23.5. The highest BCUT2D eigenvalue weighted by atomic mass is 32.1. The SMILES string of the molecule is Cc1cscc1-c1cc(Nc2nccc(C(F)(F)F)n2)cc(-c2cnc([C@]3(O)CC[C@@H](C(=O)O)C(C)(C)C3)s2)c1. The van der Waals surface area contributed by atoms with Crippen molar-refractivity contribution in [3.63, 3.8) is 0 Å². The van der Waals surface area contributed by atoms with Crippen LogP contribution < -0.4 is 5.32 Å². The maximum Gasteiger partial charge on any atom is 0.433 e. The van der Waals surface area contributed by atoms with Gasteiger partial charge in [0, 0.05) is 18.1 Å². The highest BCUT2D eigenvalue weighted by Gasteiger charge is 2.49. The normalized spacial score (nSPS) is 20.8. The van der Waals surface area contributed by atoms with E-state index < -0.39 is 34.8 Å². The van der Waals surface area contributed by atoms with Gasteiger partial charge in [0.15, 0.2) is 0 Å². The minimum absolute atomic E-state index is 0.184. The standard InChI is InChI=1S/C28H27F3N4O3S2/c1-15-12-39-13-19(15)16-8-17(10-18(9-16)34-25-32-7-5-22(35-25)28(29,30)31)21-11-33-24(40-21)27(38)6-4-20(23(36)37)26(2,3)14-27/h5,7-13,20,38H,4,6,14H2,1-3H3,(H,36,37)(H,32,34,35)/t20-,27-/m0/s1. The molecule has 0 bridgehead atoms. The summed E-state index contributed by atoms with van der Waals surface area (Å²) in [7, 11) is 0. The average Bonchev–Trinajstić information content (AvgIpc) is 3.52. The Bertz CT molecular complexity index is 1570. The van der Waals surface area contributed by atoms with Crippen LogP contribution in [0.1, 0.15) is 49.4 Å². The lowest BCUT2D eigenvalue weighted by molar-refractivity contribution is -0.154. The van der Waals surface area contributed by atoms with Crippen molar-refractivity contribution in [1.82, 2.24) is 15.0 Å². The van der Waals surface area contributed by atoms with E-state index in [-0.39, 0.29) is 18.8 Å². The Balaban J connectivity index is 1.51. The smallest absolute Gasteiger partial charge is 0.433 e. The second kappa shape index (κ2) is 10.2. The number of aromatic nitrogens is 3. The van der Waals surface area contributed by atoms with Gasteiger partial charge < -0.3 is 15.5 Å². The van der Waals surface area contributed by atoms with Crippen LogP contribution in [0, 0.1) is 18.3 Å². The van der Waals surface area contributed by atoms with E-state index in [1.165, 1.54) is 11.3 Å². The molecule has 7 nitrogen and oxygen atoms in total. The average molecular weight is 589 g/mol. The number of thiophene rings is 1. The van der Waals surface area contributed by atoms with Crippen molar-refractivity contribution in [1.29, 1.82) is 0 Å². The number of nitrogens with one attached hydrogen (secondary N) is 1. The second-order valence-electron chi connectivity index (χ2n) is 10.8. The molecule has 1 fully saturated rings. The molecule has 0 radical (unpaired) electrons. The summed E-state index contributed by atoms with van der Waals surface area (Å²) >= 11 is 2.87. The fraction of sp³-hybridized carbons (Fsp3) is 0.357. The molecule has 0 spiro atoms. The monoisotopic (exact) mass is 588 g/mol. The van der Waals surface area contributed by atoms with Gasteiger partial charge in [-0.3, -0.25) is 4.79 Å². The number of carboxylic acids is 1. The molecular weight excluding hydrogens is 561 g/mol. The fourth-order valence-electron chi connectivity index (χ4n) is 5.36. The van der Waals surface area contributed by atoms with Crippen LogP contribution in [0.15, 0.2) is 47.4 Å². The first-order chi connectivity index (χ1) is 18.7. The van der Waals surface area contributed by atoms with Crippen molar-refractivity contribution in [3.8, 4) is 21.6 Å². The molecule has 40 heavy (non-hydrogen) atoms. The molecular formula is C28H27F3N4O3S2. The van der Waals surface area contributed by atoms with Gasteiger partial charge in [0.25, 0.3) is 0 Å². The van der Waals surface area contributed by atoms with Crippen molar-refractivity contribution in [3.05, 3.63) is 63.7 Å². The fourth-order valence-corrected chi connectivity index (χ4v) is 7.24. The molecule has 210 valence electrons. The van der Waals surface area contributed by atoms with Crippen LogP contribution in [0.25, 0.3) is 21.6 Å². The summed E-state index contributed by atoms with van der Waals surface area (Å²) in [6.45, 7) is 5.69. The van der Waals surface area contributed by atoms with E-state index in [1.807, 2.05) is 43.7 Å². The maximum absolute atomic E-state index is 13.2. The quantitative estimate of drug-likeness (QED) is 0.214. The number of aryl methyl sites for hydroxylation is 1. The Labute approximate surface area is 236 Å². The predicted octanol–water partition coefficient (Wildman–Crippen LogP) is 7.50. The first kappa shape index (κ1) is 28.2. The Morgan fingerprint density at radius 2 is 1.90 bits per heavy atom. The molecule has 3 heterocycles. The lowest BCUT2D eigenvalue weighted by Gasteiger charge is -2.44. The van der Waals surface area contributed by atoms with Gasteiger partial charge in [-0.05, 0) is 88.9 Å². The Morgan fingerprint density at radius 1 is 1.15 bits per heavy atom. The van der Waals surface area contributed by atoms with Crippen LogP contribution in [-0.4, -0.2) is 31.1 Å². The summed E-state index contributed by atoms with van der Waals surface area (Å²) in [6, 6.07) is 6.39. The zero-order valence-electron chi connectivity index (χ0n) is 21.9. The van der Waals surface area contributed by atoms with Crippen LogP contribution in [0.3, 0.4) is 0 Å². The maximum atomic E-state index is 13.2. The Morgan fingerprint density at radius 3 is 2.55 bits per heavy atom. The van der Waals surface area contributed by atoms with Gasteiger partial charge in [-0.1, -0.05) is 13.8 Å². The van der Waals surface area contributed by atoms with Crippen LogP contribution in [0.2, 0.25) is 0 Å². The van der Waals surface area contributed by atoms with Crippen molar-refractivity contribution >= 4 is 40.3 Å². The third kappa shape index (κ3) is 5.61. The molecule has 3 aromatic heterocycles. The van der Waals surface area contributed by atoms with Gasteiger partial charge in [0.2, 0.25) is 5.95 Å². The van der Waals surface area contributed by atoms with E-state index in [0.717, 1.165) is 39.4 Å². The van der Waals surface area contributed by atoms with Crippen molar-refractivity contribution in [2.24, 2.45) is 11.3 Å². The topological polar surface area (TPSA) is 108 Å². The third-order valence-electron chi connectivity index (χ3n) is 7.33. The van der Waals surface area contributed by atoms with Crippen LogP contribution in [0.5, 0.6) is 0 Å². The molecule has 0 amide bonds. The molecule has 5 rings (SSSR count). The summed E-state index contributed by atoms with van der Waals surface area (Å²) in [4.78, 5) is 24.6. The van der Waals surface area contributed by atoms with E-state index in [0.29, 0.717) is 17.1 Å². The number of alkyl halides is 3. The van der Waals surface area contributed by atoms with E-state index in [9.17, 15) is 28.2 Å². The number of nitrogens with zero attached hydrogens (tertiary/aromatic N) is 3. The Kier molecular flexibility index (Phi) is 7.22. The van der Waals surface area contributed by atoms with Gasteiger partial charge in [-0.25, -0.2) is 15.0 Å². The Hall–Kier alpha value is -3.35. The molecule has 3 N–H and O–H groups in total. The highest BCUT2D eigenvalue weighted by molar-refractivity contribution is 7.15. The van der Waals surface area contributed by atoms with E-state index >= 15 is 0 Å². The predicted molar refractivity (Wildman–Crippen MR) is 149 cm³/mol. The second-order valence-corrected chi connectivity index (χ2v) is 12.6. The lowest BCUT2D eigenvalue weighted by Crippen LogP contribution is -2.44. The van der Waals surface area contributed by atoms with Crippen LogP contribution in [-0.2, 0) is 16.6 Å². The largest absolute Gasteiger partial charge is 0.481 e. The minimum atomic E-state index is -4.60. The van der Waals surface area contributed by atoms with Crippen molar-refractivity contribution < 1.29 is 28.2 Å². The molecule has 12 heteroatoms. The molecule has 2 atom stereocenters. The number of benzene rings is 1. The highest BCUT2D eigenvalue weighted by Crippen LogP contribution is 2.51. The molecule has 0 unspecified atom stereocenters. The molecule has 1 aromatic carbocycles. The summed E-state index contributed by atoms with van der Waals surface area (Å²) in [5, 5.41) is 28.6. The number of carbonyl (C=O) groups is 1. The van der Waals surface area contributed by atoms with E-state index in [1.54, 1.807) is 23.6 Å². The van der Waals surface area contributed by atoms with Crippen molar-refractivity contribution in [2.45, 2.75) is 51.8 Å². The number of aliphatic carboxylic acids is 1. The summed E-state index contributed by atoms with van der Waals surface area (Å²) in [5.74, 6) is -1.60. The summed E-state index contributed by atoms with van der Waals surface area (Å²) in [5.41, 5.74) is 1.21. The third-order valence-corrected chi connectivity index (χ3v) is 9.43. The number of hydrogen-bond acceptors (Lipinski definition) is 8. The van der Waals surface area contributed by atoms with Crippen LogP contribution >= 0.6 is 22.7 Å². The minimum Gasteiger partial charge on any atom is -0.481 e. The van der Waals surface area contributed by atoms with Gasteiger partial charge in [0.05, 0.1) is 10.8 Å². The van der Waals surface area contributed by atoms with Gasteiger partial charge in [-0.15, -0.1) is 11.3 Å². The number of anilines is 2. The van der Waals surface area contributed by atoms with Crippen molar-refractivity contribution in [2.75, 3.05) is 5.32 Å². The van der Waals surface area contributed by atoms with Gasteiger partial charge in [0.1, 0.15) is 16.3 Å². The van der Waals surface area contributed by atoms with Gasteiger partial charge >= 0.3 is 12.1 Å². The number of thiazole rings is 1. The number of aliphatic hydroxyl groups is 1. The lowest BCUT2D eigenvalue weighted by atomic mass is 9.63. The molecule has 1 aliphatic carbocycles.